The van der Waals surface area contributed by atoms with Crippen molar-refractivity contribution in [3.63, 3.8) is 0 Å². The van der Waals surface area contributed by atoms with E-state index >= 15 is 0 Å². The number of rotatable bonds is 7. The number of carbonyl (C=O) groups is 2. The van der Waals surface area contributed by atoms with Crippen LogP contribution >= 0.6 is 0 Å². The van der Waals surface area contributed by atoms with Crippen LogP contribution in [0.3, 0.4) is 0 Å². The van der Waals surface area contributed by atoms with E-state index in [0.717, 1.165) is 37.8 Å². The van der Waals surface area contributed by atoms with E-state index in [9.17, 15) is 9.59 Å². The normalized spacial score (nSPS) is 15.9. The summed E-state index contributed by atoms with van der Waals surface area (Å²) in [4.78, 5) is 27.5. The van der Waals surface area contributed by atoms with Crippen molar-refractivity contribution in [2.45, 2.75) is 44.6 Å². The zero-order chi connectivity index (χ0) is 20.1. The first-order chi connectivity index (χ1) is 14.2. The van der Waals surface area contributed by atoms with Gasteiger partial charge in [0.05, 0.1) is 5.56 Å². The van der Waals surface area contributed by atoms with Crippen LogP contribution in [0.25, 0.3) is 0 Å². The molecule has 1 fully saturated rings. The van der Waals surface area contributed by atoms with E-state index in [0.29, 0.717) is 23.0 Å². The molecule has 2 amide bonds. The number of nitrogens with one attached hydrogen (secondary N) is 1. The number of ether oxygens (including phenoxy) is 1. The lowest BCUT2D eigenvalue weighted by Crippen LogP contribution is -2.36. The Hall–Kier alpha value is -3.08. The quantitative estimate of drug-likeness (QED) is 0.741. The molecule has 5 heteroatoms. The second-order valence-electron chi connectivity index (χ2n) is 7.54. The van der Waals surface area contributed by atoms with Crippen LogP contribution in [0.5, 0.6) is 5.75 Å². The van der Waals surface area contributed by atoms with Crippen LogP contribution in [0.4, 0.5) is 5.69 Å². The van der Waals surface area contributed by atoms with Crippen LogP contribution in [0, 0.1) is 0 Å². The van der Waals surface area contributed by atoms with Gasteiger partial charge in [0.25, 0.3) is 11.8 Å². The van der Waals surface area contributed by atoms with Crippen LogP contribution in [0.2, 0.25) is 0 Å². The van der Waals surface area contributed by atoms with Crippen molar-refractivity contribution < 1.29 is 14.3 Å². The summed E-state index contributed by atoms with van der Waals surface area (Å²) >= 11 is 0. The molecule has 5 nitrogen and oxygen atoms in total. The van der Waals surface area contributed by atoms with Crippen molar-refractivity contribution in [1.82, 2.24) is 4.90 Å². The second kappa shape index (κ2) is 8.95. The molecule has 1 saturated carbocycles. The number of para-hydroxylation sites is 2. The van der Waals surface area contributed by atoms with Gasteiger partial charge in [0.1, 0.15) is 5.75 Å². The van der Waals surface area contributed by atoms with Crippen molar-refractivity contribution in [2.24, 2.45) is 0 Å². The summed E-state index contributed by atoms with van der Waals surface area (Å²) in [6.45, 7) is -0.0660. The van der Waals surface area contributed by atoms with Crippen molar-refractivity contribution in [3.8, 4) is 5.75 Å². The van der Waals surface area contributed by atoms with Crippen LogP contribution < -0.4 is 10.1 Å². The van der Waals surface area contributed by atoms with E-state index in [4.69, 9.17) is 4.74 Å². The van der Waals surface area contributed by atoms with Gasteiger partial charge in [-0.2, -0.15) is 0 Å². The molecule has 2 aliphatic rings. The molecular weight excluding hydrogens is 364 g/mol. The summed E-state index contributed by atoms with van der Waals surface area (Å²) in [6, 6.07) is 16.6. The molecule has 0 bridgehead atoms. The predicted molar refractivity (Wildman–Crippen MR) is 113 cm³/mol. The van der Waals surface area contributed by atoms with Gasteiger partial charge in [0, 0.05) is 17.4 Å². The van der Waals surface area contributed by atoms with Crippen molar-refractivity contribution >= 4 is 17.5 Å². The number of nitrogens with zero attached hydrogens (tertiary/aromatic N) is 1. The Morgan fingerprint density at radius 3 is 2.48 bits per heavy atom. The topological polar surface area (TPSA) is 58.6 Å². The smallest absolute Gasteiger partial charge is 0.264 e. The summed E-state index contributed by atoms with van der Waals surface area (Å²) in [7, 11) is 0. The standard InChI is InChI=1S/C24H26N2O3/c27-23(26(20-15-16-20)19-11-5-2-6-12-19)17-29-22-14-8-7-13-21(22)24(28)25-18-9-3-1-4-10-18/h1,3-4,7-11,13-14,20H,2,5-6,12,15-17H2,(H,25,28). The van der Waals surface area contributed by atoms with Gasteiger partial charge in [-0.15, -0.1) is 0 Å². The minimum atomic E-state index is -0.256. The van der Waals surface area contributed by atoms with E-state index in [1.54, 1.807) is 24.3 Å². The minimum Gasteiger partial charge on any atom is -0.483 e. The highest BCUT2D eigenvalue weighted by Gasteiger charge is 2.35. The summed E-state index contributed by atoms with van der Waals surface area (Å²) in [5.41, 5.74) is 2.27. The average molecular weight is 390 g/mol. The van der Waals surface area contributed by atoms with Gasteiger partial charge in [0.2, 0.25) is 0 Å². The molecule has 29 heavy (non-hydrogen) atoms. The Balaban J connectivity index is 1.43. The molecule has 0 saturated heterocycles. The maximum Gasteiger partial charge on any atom is 0.264 e. The molecule has 4 rings (SSSR count). The molecule has 2 aromatic rings. The second-order valence-corrected chi connectivity index (χ2v) is 7.54. The minimum absolute atomic E-state index is 0.0288. The van der Waals surface area contributed by atoms with Crippen LogP contribution in [-0.2, 0) is 4.79 Å². The van der Waals surface area contributed by atoms with Gasteiger partial charge in [-0.05, 0) is 62.8 Å². The number of anilines is 1. The Kier molecular flexibility index (Phi) is 5.94. The molecule has 0 heterocycles. The van der Waals surface area contributed by atoms with Gasteiger partial charge in [-0.3, -0.25) is 9.59 Å². The summed E-state index contributed by atoms with van der Waals surface area (Å²) in [6.07, 6.45) is 8.62. The predicted octanol–water partition coefficient (Wildman–Crippen LogP) is 4.77. The average Bonchev–Trinajstić information content (AvgIpc) is 3.59. The van der Waals surface area contributed by atoms with E-state index in [1.807, 2.05) is 35.2 Å². The summed E-state index contributed by atoms with van der Waals surface area (Å²) < 4.78 is 5.83. The van der Waals surface area contributed by atoms with Gasteiger partial charge in [-0.25, -0.2) is 0 Å². The van der Waals surface area contributed by atoms with E-state index in [2.05, 4.69) is 11.4 Å². The van der Waals surface area contributed by atoms with Gasteiger partial charge in [0.15, 0.2) is 6.61 Å². The number of hydrogen-bond acceptors (Lipinski definition) is 3. The van der Waals surface area contributed by atoms with Gasteiger partial charge >= 0.3 is 0 Å². The molecule has 0 spiro atoms. The highest BCUT2D eigenvalue weighted by molar-refractivity contribution is 6.06. The zero-order valence-electron chi connectivity index (χ0n) is 16.5. The van der Waals surface area contributed by atoms with Crippen LogP contribution in [0.1, 0.15) is 48.9 Å². The summed E-state index contributed by atoms with van der Waals surface area (Å²) in [5.74, 6) is 0.134. The number of allylic oxidation sites excluding steroid dienone is 2. The fourth-order valence-corrected chi connectivity index (χ4v) is 3.68. The van der Waals surface area contributed by atoms with E-state index in [1.165, 1.54) is 6.42 Å². The number of carbonyl (C=O) groups excluding carboxylic acids is 2. The monoisotopic (exact) mass is 390 g/mol. The number of benzene rings is 2. The molecule has 0 aliphatic heterocycles. The first-order valence-electron chi connectivity index (χ1n) is 10.3. The number of hydrogen-bond donors (Lipinski definition) is 1. The van der Waals surface area contributed by atoms with E-state index < -0.39 is 0 Å². The fourth-order valence-electron chi connectivity index (χ4n) is 3.68. The van der Waals surface area contributed by atoms with Crippen molar-refractivity contribution in [1.29, 1.82) is 0 Å². The highest BCUT2D eigenvalue weighted by Crippen LogP contribution is 2.34. The van der Waals surface area contributed by atoms with E-state index in [-0.39, 0.29) is 18.4 Å². The third-order valence-electron chi connectivity index (χ3n) is 5.27. The molecule has 1 N–H and O–H groups in total. The number of amides is 2. The van der Waals surface area contributed by atoms with Crippen LogP contribution in [0.15, 0.2) is 66.4 Å². The molecule has 0 unspecified atom stereocenters. The van der Waals surface area contributed by atoms with Gasteiger partial charge in [-0.1, -0.05) is 36.4 Å². The molecular formula is C24H26N2O3. The summed E-state index contributed by atoms with van der Waals surface area (Å²) in [5, 5.41) is 2.87. The molecule has 150 valence electrons. The molecule has 0 atom stereocenters. The Morgan fingerprint density at radius 2 is 1.76 bits per heavy atom. The third kappa shape index (κ3) is 4.86. The maximum absolute atomic E-state index is 12.9. The largest absolute Gasteiger partial charge is 0.483 e. The molecule has 0 aromatic heterocycles. The lowest BCUT2D eigenvalue weighted by molar-refractivity contribution is -0.132. The van der Waals surface area contributed by atoms with Crippen molar-refractivity contribution in [3.05, 3.63) is 71.9 Å². The first kappa shape index (κ1) is 19.2. The van der Waals surface area contributed by atoms with Gasteiger partial charge < -0.3 is 15.0 Å². The Labute approximate surface area is 171 Å². The van der Waals surface area contributed by atoms with Crippen LogP contribution in [-0.4, -0.2) is 29.4 Å². The first-order valence-corrected chi connectivity index (χ1v) is 10.3. The molecule has 2 aliphatic carbocycles. The Morgan fingerprint density at radius 1 is 1.00 bits per heavy atom. The van der Waals surface area contributed by atoms with Crippen molar-refractivity contribution in [2.75, 3.05) is 11.9 Å². The zero-order valence-corrected chi connectivity index (χ0v) is 16.5. The Bertz CT molecular complexity index is 903. The molecule has 2 aromatic carbocycles. The maximum atomic E-state index is 12.9. The SMILES string of the molecule is O=C(Nc1ccccc1)c1ccccc1OCC(=O)N(C1=CCCCC1)C1CC1. The lowest BCUT2D eigenvalue weighted by Gasteiger charge is -2.27. The fraction of sp³-hybridized carbons (Fsp3) is 0.333. The molecule has 0 radical (unpaired) electrons. The highest BCUT2D eigenvalue weighted by atomic mass is 16.5. The third-order valence-corrected chi connectivity index (χ3v) is 5.27. The lowest BCUT2D eigenvalue weighted by atomic mass is 10.0.